The Morgan fingerprint density at radius 3 is 2.62 bits per heavy atom. The minimum Gasteiger partial charge on any atom is -0.273 e. The fourth-order valence-electron chi connectivity index (χ4n) is 1.96. The van der Waals surface area contributed by atoms with Crippen LogP contribution in [0.4, 0.5) is 4.39 Å². The van der Waals surface area contributed by atoms with E-state index in [4.69, 9.17) is 0 Å². The Balaban J connectivity index is 1.95. The highest BCUT2D eigenvalue weighted by Gasteiger charge is 2.33. The first-order valence-electron chi connectivity index (χ1n) is 6.04. The number of carbonyl (C=O) groups excluding carboxylic acids is 2. The van der Waals surface area contributed by atoms with Crippen LogP contribution >= 0.6 is 15.9 Å². The summed E-state index contributed by atoms with van der Waals surface area (Å²) >= 11 is 3.11. The Bertz CT molecular complexity index is 692. The highest BCUT2D eigenvalue weighted by molar-refractivity contribution is 9.10. The summed E-state index contributed by atoms with van der Waals surface area (Å²) in [5.74, 6) is -3.11. The SMILES string of the molecule is O=C(NNC(=O)[C@@H]1CCS(=O)(=O)C1)c1cc(Br)ccc1F. The zero-order valence-electron chi connectivity index (χ0n) is 10.7. The summed E-state index contributed by atoms with van der Waals surface area (Å²) in [6, 6.07) is 3.83. The first kappa shape index (κ1) is 15.9. The van der Waals surface area contributed by atoms with Gasteiger partial charge in [0.25, 0.3) is 5.91 Å². The third-order valence-corrected chi connectivity index (χ3v) is 5.34. The molecule has 0 aromatic heterocycles. The minimum atomic E-state index is -3.18. The summed E-state index contributed by atoms with van der Waals surface area (Å²) in [7, 11) is -3.18. The summed E-state index contributed by atoms with van der Waals surface area (Å²) in [5, 5.41) is 0. The van der Waals surface area contributed by atoms with Gasteiger partial charge in [-0.2, -0.15) is 0 Å². The van der Waals surface area contributed by atoms with Crippen LogP contribution in [0.5, 0.6) is 0 Å². The van der Waals surface area contributed by atoms with E-state index in [-0.39, 0.29) is 23.5 Å². The molecular weight excluding hydrogens is 367 g/mol. The van der Waals surface area contributed by atoms with E-state index in [9.17, 15) is 22.4 Å². The van der Waals surface area contributed by atoms with Crippen LogP contribution < -0.4 is 10.9 Å². The van der Waals surface area contributed by atoms with E-state index in [0.29, 0.717) is 4.47 Å². The second-order valence-corrected chi connectivity index (χ2v) is 7.81. The maximum Gasteiger partial charge on any atom is 0.272 e. The van der Waals surface area contributed by atoms with Crippen LogP contribution in [-0.4, -0.2) is 31.7 Å². The van der Waals surface area contributed by atoms with Gasteiger partial charge in [0.1, 0.15) is 5.82 Å². The van der Waals surface area contributed by atoms with Crippen LogP contribution in [0.3, 0.4) is 0 Å². The van der Waals surface area contributed by atoms with E-state index in [1.807, 2.05) is 0 Å². The Morgan fingerprint density at radius 1 is 1.29 bits per heavy atom. The van der Waals surface area contributed by atoms with Gasteiger partial charge in [-0.3, -0.25) is 20.4 Å². The second-order valence-electron chi connectivity index (χ2n) is 4.67. The molecule has 1 atom stereocenters. The highest BCUT2D eigenvalue weighted by atomic mass is 79.9. The predicted molar refractivity (Wildman–Crippen MR) is 76.5 cm³/mol. The molecule has 9 heteroatoms. The number of amides is 2. The van der Waals surface area contributed by atoms with Crippen molar-refractivity contribution in [1.29, 1.82) is 0 Å². The van der Waals surface area contributed by atoms with Crippen LogP contribution in [0, 0.1) is 11.7 Å². The topological polar surface area (TPSA) is 92.3 Å². The van der Waals surface area contributed by atoms with E-state index < -0.39 is 33.4 Å². The predicted octanol–water partition coefficient (Wildman–Crippen LogP) is 0.784. The van der Waals surface area contributed by atoms with Crippen molar-refractivity contribution in [2.75, 3.05) is 11.5 Å². The Hall–Kier alpha value is -1.48. The van der Waals surface area contributed by atoms with Gasteiger partial charge < -0.3 is 0 Å². The van der Waals surface area contributed by atoms with Gasteiger partial charge >= 0.3 is 0 Å². The highest BCUT2D eigenvalue weighted by Crippen LogP contribution is 2.18. The van der Waals surface area contributed by atoms with Crippen LogP contribution in [0.15, 0.2) is 22.7 Å². The monoisotopic (exact) mass is 378 g/mol. The molecule has 0 spiro atoms. The normalized spacial score (nSPS) is 20.0. The van der Waals surface area contributed by atoms with Crippen molar-refractivity contribution in [2.24, 2.45) is 5.92 Å². The van der Waals surface area contributed by atoms with Crippen molar-refractivity contribution in [1.82, 2.24) is 10.9 Å². The van der Waals surface area contributed by atoms with E-state index in [1.54, 1.807) is 0 Å². The smallest absolute Gasteiger partial charge is 0.272 e. The first-order chi connectivity index (χ1) is 9.78. The van der Waals surface area contributed by atoms with Gasteiger partial charge in [-0.15, -0.1) is 0 Å². The molecule has 0 saturated carbocycles. The van der Waals surface area contributed by atoms with Gasteiger partial charge in [-0.25, -0.2) is 12.8 Å². The average molecular weight is 379 g/mol. The summed E-state index contributed by atoms with van der Waals surface area (Å²) in [4.78, 5) is 23.5. The van der Waals surface area contributed by atoms with Crippen molar-refractivity contribution < 1.29 is 22.4 Å². The third-order valence-electron chi connectivity index (χ3n) is 3.08. The maximum atomic E-state index is 13.5. The second kappa shape index (κ2) is 6.10. The standard InChI is InChI=1S/C12H12BrFN2O4S/c13-8-1-2-10(14)9(5-8)12(18)16-15-11(17)7-3-4-21(19,20)6-7/h1-2,5,7H,3-4,6H2,(H,15,17)(H,16,18)/t7-/m1/s1. The van der Waals surface area contributed by atoms with Gasteiger partial charge in [0.15, 0.2) is 9.84 Å². The summed E-state index contributed by atoms with van der Waals surface area (Å²) in [5.41, 5.74) is 3.97. The van der Waals surface area contributed by atoms with Gasteiger partial charge in [0, 0.05) is 4.47 Å². The quantitative estimate of drug-likeness (QED) is 0.743. The number of halogens is 2. The van der Waals surface area contributed by atoms with Crippen molar-refractivity contribution in [2.45, 2.75) is 6.42 Å². The lowest BCUT2D eigenvalue weighted by molar-refractivity contribution is -0.125. The lowest BCUT2D eigenvalue weighted by atomic mass is 10.1. The van der Waals surface area contributed by atoms with E-state index in [2.05, 4.69) is 26.8 Å². The average Bonchev–Trinajstić information content (AvgIpc) is 2.79. The molecule has 2 rings (SSSR count). The number of rotatable bonds is 2. The number of benzene rings is 1. The van der Waals surface area contributed by atoms with Gasteiger partial charge in [0.05, 0.1) is 23.0 Å². The molecule has 1 heterocycles. The van der Waals surface area contributed by atoms with E-state index >= 15 is 0 Å². The van der Waals surface area contributed by atoms with Gasteiger partial charge in [0.2, 0.25) is 5.91 Å². The number of sulfone groups is 1. The van der Waals surface area contributed by atoms with Crippen LogP contribution in [0.1, 0.15) is 16.8 Å². The molecule has 0 unspecified atom stereocenters. The minimum absolute atomic E-state index is 0.0424. The molecule has 114 valence electrons. The van der Waals surface area contributed by atoms with Crippen molar-refractivity contribution in [3.05, 3.63) is 34.1 Å². The van der Waals surface area contributed by atoms with Crippen molar-refractivity contribution >= 4 is 37.6 Å². The lowest BCUT2D eigenvalue weighted by Crippen LogP contribution is -2.45. The van der Waals surface area contributed by atoms with Crippen LogP contribution in [-0.2, 0) is 14.6 Å². The molecule has 1 aromatic rings. The molecule has 1 fully saturated rings. The molecule has 1 aliphatic heterocycles. The van der Waals surface area contributed by atoms with E-state index in [1.165, 1.54) is 12.1 Å². The molecule has 0 aliphatic carbocycles. The molecule has 21 heavy (non-hydrogen) atoms. The molecule has 0 bridgehead atoms. The Labute approximate surface area is 129 Å². The summed E-state index contributed by atoms with van der Waals surface area (Å²) in [6.45, 7) is 0. The summed E-state index contributed by atoms with van der Waals surface area (Å²) < 4.78 is 36.5. The number of hydrogen-bond donors (Lipinski definition) is 2. The molecule has 0 radical (unpaired) electrons. The Kier molecular flexibility index (Phi) is 4.62. The number of carbonyl (C=O) groups is 2. The summed E-state index contributed by atoms with van der Waals surface area (Å²) in [6.07, 6.45) is 0.218. The van der Waals surface area contributed by atoms with Crippen LogP contribution in [0.2, 0.25) is 0 Å². The third kappa shape index (κ3) is 4.01. The zero-order chi connectivity index (χ0) is 15.6. The molecule has 1 aromatic carbocycles. The van der Waals surface area contributed by atoms with E-state index in [0.717, 1.165) is 6.07 Å². The first-order valence-corrected chi connectivity index (χ1v) is 8.65. The zero-order valence-corrected chi connectivity index (χ0v) is 13.1. The number of nitrogens with one attached hydrogen (secondary N) is 2. The molecular formula is C12H12BrFN2O4S. The molecule has 1 saturated heterocycles. The van der Waals surface area contributed by atoms with Crippen molar-refractivity contribution in [3.63, 3.8) is 0 Å². The molecule has 2 N–H and O–H groups in total. The Morgan fingerprint density at radius 2 is 2.00 bits per heavy atom. The van der Waals surface area contributed by atoms with Crippen molar-refractivity contribution in [3.8, 4) is 0 Å². The fraction of sp³-hybridized carbons (Fsp3) is 0.333. The maximum absolute atomic E-state index is 13.5. The molecule has 6 nitrogen and oxygen atoms in total. The largest absolute Gasteiger partial charge is 0.273 e. The fourth-order valence-corrected chi connectivity index (χ4v) is 4.06. The van der Waals surface area contributed by atoms with Gasteiger partial charge in [-0.1, -0.05) is 15.9 Å². The van der Waals surface area contributed by atoms with Gasteiger partial charge in [-0.05, 0) is 24.6 Å². The number of hydrogen-bond acceptors (Lipinski definition) is 4. The van der Waals surface area contributed by atoms with Crippen LogP contribution in [0.25, 0.3) is 0 Å². The molecule has 2 amide bonds. The number of hydrazine groups is 1. The lowest BCUT2D eigenvalue weighted by Gasteiger charge is -2.11. The molecule has 1 aliphatic rings.